The summed E-state index contributed by atoms with van der Waals surface area (Å²) in [6.07, 6.45) is 0.755. The van der Waals surface area contributed by atoms with E-state index in [2.05, 4.69) is 0 Å². The van der Waals surface area contributed by atoms with Gasteiger partial charge in [-0.25, -0.2) is 0 Å². The van der Waals surface area contributed by atoms with Gasteiger partial charge in [0.2, 0.25) is 5.91 Å². The summed E-state index contributed by atoms with van der Waals surface area (Å²) in [5, 5.41) is 9.02. The van der Waals surface area contributed by atoms with E-state index in [1.807, 2.05) is 24.3 Å². The molecule has 0 saturated carbocycles. The number of amides is 1. The Morgan fingerprint density at radius 2 is 2.12 bits per heavy atom. The van der Waals surface area contributed by atoms with Crippen molar-refractivity contribution >= 4 is 5.91 Å². The lowest BCUT2D eigenvalue weighted by Gasteiger charge is -2.16. The van der Waals surface area contributed by atoms with Crippen molar-refractivity contribution in [1.29, 1.82) is 0 Å². The number of aliphatic hydroxyl groups is 1. The summed E-state index contributed by atoms with van der Waals surface area (Å²) in [5.41, 5.74) is 1.08. The van der Waals surface area contributed by atoms with Gasteiger partial charge in [0.1, 0.15) is 5.75 Å². The van der Waals surface area contributed by atoms with Crippen molar-refractivity contribution in [3.63, 3.8) is 0 Å². The lowest BCUT2D eigenvalue weighted by atomic mass is 10.1. The van der Waals surface area contributed by atoms with Crippen LogP contribution in [0.5, 0.6) is 5.75 Å². The number of carbonyl (C=O) groups excluding carboxylic acids is 1. The van der Waals surface area contributed by atoms with E-state index < -0.39 is 0 Å². The van der Waals surface area contributed by atoms with Gasteiger partial charge in [-0.1, -0.05) is 12.1 Å². The number of likely N-dealkylation sites (tertiary alicyclic amines) is 1. The Bertz CT molecular complexity index is 388. The average molecular weight is 235 g/mol. The summed E-state index contributed by atoms with van der Waals surface area (Å²) in [7, 11) is 1.63. The summed E-state index contributed by atoms with van der Waals surface area (Å²) in [4.78, 5) is 13.6. The number of aliphatic hydroxyl groups excluding tert-OH is 1. The molecule has 1 N–H and O–H groups in total. The van der Waals surface area contributed by atoms with Gasteiger partial charge in [0.25, 0.3) is 0 Å². The molecule has 1 atom stereocenters. The van der Waals surface area contributed by atoms with E-state index in [1.54, 1.807) is 12.0 Å². The third-order valence-electron chi connectivity index (χ3n) is 3.16. The van der Waals surface area contributed by atoms with Crippen LogP contribution in [0.1, 0.15) is 12.0 Å². The fourth-order valence-corrected chi connectivity index (χ4v) is 2.08. The molecule has 4 heteroatoms. The van der Waals surface area contributed by atoms with Gasteiger partial charge in [-0.3, -0.25) is 4.79 Å². The second kappa shape index (κ2) is 5.19. The highest BCUT2D eigenvalue weighted by Crippen LogP contribution is 2.20. The highest BCUT2D eigenvalue weighted by atomic mass is 16.5. The standard InChI is InChI=1S/C13H17NO3/c1-17-12-4-2-10(3-5-12)8-14-7-6-11(9-15)13(14)16/h2-5,11,15H,6-9H2,1H3. The second-order valence-corrected chi connectivity index (χ2v) is 4.28. The third-order valence-corrected chi connectivity index (χ3v) is 3.16. The van der Waals surface area contributed by atoms with Gasteiger partial charge >= 0.3 is 0 Å². The number of hydrogen-bond donors (Lipinski definition) is 1. The molecule has 1 unspecified atom stereocenters. The fourth-order valence-electron chi connectivity index (χ4n) is 2.08. The minimum absolute atomic E-state index is 0.0437. The van der Waals surface area contributed by atoms with Gasteiger partial charge in [0.15, 0.2) is 0 Å². The van der Waals surface area contributed by atoms with Crippen molar-refractivity contribution in [3.8, 4) is 5.75 Å². The smallest absolute Gasteiger partial charge is 0.228 e. The molecule has 92 valence electrons. The van der Waals surface area contributed by atoms with Crippen LogP contribution in [0.15, 0.2) is 24.3 Å². The second-order valence-electron chi connectivity index (χ2n) is 4.28. The van der Waals surface area contributed by atoms with Crippen molar-refractivity contribution in [2.75, 3.05) is 20.3 Å². The Morgan fingerprint density at radius 3 is 2.65 bits per heavy atom. The Hall–Kier alpha value is -1.55. The average Bonchev–Trinajstić information content (AvgIpc) is 2.71. The predicted molar refractivity (Wildman–Crippen MR) is 63.6 cm³/mol. The first-order chi connectivity index (χ1) is 8.24. The minimum Gasteiger partial charge on any atom is -0.497 e. The van der Waals surface area contributed by atoms with Crippen LogP contribution < -0.4 is 4.74 Å². The maximum absolute atomic E-state index is 11.8. The molecule has 0 aromatic heterocycles. The van der Waals surface area contributed by atoms with Gasteiger partial charge in [-0.05, 0) is 24.1 Å². The summed E-state index contributed by atoms with van der Waals surface area (Å²) in [6.45, 7) is 1.30. The fraction of sp³-hybridized carbons (Fsp3) is 0.462. The summed E-state index contributed by atoms with van der Waals surface area (Å²) in [5.74, 6) is 0.672. The highest BCUT2D eigenvalue weighted by Gasteiger charge is 2.30. The van der Waals surface area contributed by atoms with Crippen molar-refractivity contribution in [2.24, 2.45) is 5.92 Å². The first-order valence-corrected chi connectivity index (χ1v) is 5.77. The van der Waals surface area contributed by atoms with Crippen LogP contribution in [0.3, 0.4) is 0 Å². The third kappa shape index (κ3) is 2.58. The summed E-state index contributed by atoms with van der Waals surface area (Å²) < 4.78 is 5.08. The van der Waals surface area contributed by atoms with E-state index in [1.165, 1.54) is 0 Å². The van der Waals surface area contributed by atoms with Crippen LogP contribution in [-0.2, 0) is 11.3 Å². The van der Waals surface area contributed by atoms with Gasteiger partial charge < -0.3 is 14.7 Å². The first-order valence-electron chi connectivity index (χ1n) is 5.77. The molecular formula is C13H17NO3. The number of rotatable bonds is 4. The molecule has 1 heterocycles. The molecule has 1 aromatic carbocycles. The molecule has 4 nitrogen and oxygen atoms in total. The lowest BCUT2D eigenvalue weighted by Crippen LogP contribution is -2.27. The van der Waals surface area contributed by atoms with Gasteiger partial charge in [0, 0.05) is 13.1 Å². The van der Waals surface area contributed by atoms with Crippen LogP contribution in [-0.4, -0.2) is 36.2 Å². The molecule has 1 aromatic rings. The quantitative estimate of drug-likeness (QED) is 0.848. The van der Waals surface area contributed by atoms with Crippen LogP contribution in [0.4, 0.5) is 0 Å². The Labute approximate surface area is 101 Å². The number of carbonyl (C=O) groups is 1. The van der Waals surface area contributed by atoms with Crippen molar-refractivity contribution in [3.05, 3.63) is 29.8 Å². The molecule has 0 aliphatic carbocycles. The molecule has 1 aliphatic heterocycles. The highest BCUT2D eigenvalue weighted by molar-refractivity contribution is 5.80. The maximum atomic E-state index is 11.8. The number of ether oxygens (including phenoxy) is 1. The Kier molecular flexibility index (Phi) is 3.64. The van der Waals surface area contributed by atoms with E-state index in [0.29, 0.717) is 6.54 Å². The van der Waals surface area contributed by atoms with Crippen LogP contribution in [0.25, 0.3) is 0 Å². The lowest BCUT2D eigenvalue weighted by molar-refractivity contribution is -0.132. The van der Waals surface area contributed by atoms with Crippen LogP contribution in [0, 0.1) is 5.92 Å². The number of methoxy groups -OCH3 is 1. The van der Waals surface area contributed by atoms with Crippen molar-refractivity contribution < 1.29 is 14.6 Å². The van der Waals surface area contributed by atoms with Crippen LogP contribution in [0.2, 0.25) is 0 Å². The largest absolute Gasteiger partial charge is 0.497 e. The van der Waals surface area contributed by atoms with E-state index in [4.69, 9.17) is 9.84 Å². The molecule has 0 radical (unpaired) electrons. The first kappa shape index (κ1) is 11.9. The summed E-state index contributed by atoms with van der Waals surface area (Å²) in [6, 6.07) is 7.69. The van der Waals surface area contributed by atoms with Gasteiger partial charge in [0.05, 0.1) is 19.6 Å². The monoisotopic (exact) mass is 235 g/mol. The molecule has 1 saturated heterocycles. The van der Waals surface area contributed by atoms with E-state index in [0.717, 1.165) is 24.3 Å². The Balaban J connectivity index is 1.99. The van der Waals surface area contributed by atoms with E-state index in [-0.39, 0.29) is 18.4 Å². The topological polar surface area (TPSA) is 49.8 Å². The number of benzene rings is 1. The SMILES string of the molecule is COc1ccc(CN2CCC(CO)C2=O)cc1. The van der Waals surface area contributed by atoms with Crippen molar-refractivity contribution in [2.45, 2.75) is 13.0 Å². The zero-order chi connectivity index (χ0) is 12.3. The van der Waals surface area contributed by atoms with Crippen molar-refractivity contribution in [1.82, 2.24) is 4.90 Å². The molecule has 1 amide bonds. The zero-order valence-electron chi connectivity index (χ0n) is 9.93. The minimum atomic E-state index is -0.201. The van der Waals surface area contributed by atoms with E-state index >= 15 is 0 Å². The molecule has 1 aliphatic rings. The Morgan fingerprint density at radius 1 is 1.41 bits per heavy atom. The molecule has 17 heavy (non-hydrogen) atoms. The number of hydrogen-bond acceptors (Lipinski definition) is 3. The molecule has 0 bridgehead atoms. The normalized spacial score (nSPS) is 19.8. The van der Waals surface area contributed by atoms with Gasteiger partial charge in [-0.15, -0.1) is 0 Å². The predicted octanol–water partition coefficient (Wildman–Crippen LogP) is 1.04. The number of nitrogens with zero attached hydrogens (tertiary/aromatic N) is 1. The van der Waals surface area contributed by atoms with Crippen LogP contribution >= 0.6 is 0 Å². The maximum Gasteiger partial charge on any atom is 0.228 e. The van der Waals surface area contributed by atoms with E-state index in [9.17, 15) is 4.79 Å². The molecular weight excluding hydrogens is 218 g/mol. The molecule has 0 spiro atoms. The van der Waals surface area contributed by atoms with Gasteiger partial charge in [-0.2, -0.15) is 0 Å². The molecule has 2 rings (SSSR count). The molecule has 1 fully saturated rings. The summed E-state index contributed by atoms with van der Waals surface area (Å²) >= 11 is 0. The zero-order valence-corrected chi connectivity index (χ0v) is 9.93.